The Hall–Kier alpha value is -3.27. The van der Waals surface area contributed by atoms with Crippen molar-refractivity contribution in [2.75, 3.05) is 25.2 Å². The molecule has 0 bridgehead atoms. The summed E-state index contributed by atoms with van der Waals surface area (Å²) in [5.74, 6) is 1.23. The highest BCUT2D eigenvalue weighted by atomic mass is 16.5. The van der Waals surface area contributed by atoms with Crippen LogP contribution in [-0.4, -0.2) is 52.1 Å². The van der Waals surface area contributed by atoms with Gasteiger partial charge < -0.3 is 19.5 Å². The fourth-order valence-corrected chi connectivity index (χ4v) is 3.89. The predicted octanol–water partition coefficient (Wildman–Crippen LogP) is 1.40. The van der Waals surface area contributed by atoms with Gasteiger partial charge in [0.15, 0.2) is 17.9 Å². The smallest absolute Gasteiger partial charge is 0.247 e. The van der Waals surface area contributed by atoms with E-state index in [1.807, 2.05) is 54.6 Å². The second-order valence-corrected chi connectivity index (χ2v) is 7.51. The summed E-state index contributed by atoms with van der Waals surface area (Å²) in [5.41, 5.74) is 1.65. The second kappa shape index (κ2) is 8.10. The van der Waals surface area contributed by atoms with E-state index in [2.05, 4.69) is 15.4 Å². The maximum absolute atomic E-state index is 12.9. The molecule has 0 radical (unpaired) electrons. The number of aromatic nitrogens is 3. The van der Waals surface area contributed by atoms with Crippen molar-refractivity contribution in [2.45, 2.75) is 24.9 Å². The molecule has 0 saturated carbocycles. The zero-order valence-corrected chi connectivity index (χ0v) is 17.0. The van der Waals surface area contributed by atoms with E-state index in [1.54, 1.807) is 11.7 Å². The van der Waals surface area contributed by atoms with Crippen molar-refractivity contribution in [1.82, 2.24) is 20.1 Å². The molecule has 2 aliphatic heterocycles. The molecule has 2 N–H and O–H groups in total. The van der Waals surface area contributed by atoms with Crippen LogP contribution in [0, 0.1) is 0 Å². The zero-order valence-electron chi connectivity index (χ0n) is 17.0. The van der Waals surface area contributed by atoms with Crippen LogP contribution in [-0.2, 0) is 16.1 Å². The lowest BCUT2D eigenvalue weighted by molar-refractivity contribution is -0.121. The Balaban J connectivity index is 1.35. The minimum atomic E-state index is -1.23. The lowest BCUT2D eigenvalue weighted by Gasteiger charge is -2.23. The molecular weight excluding hydrogens is 398 g/mol. The van der Waals surface area contributed by atoms with Gasteiger partial charge in [0, 0.05) is 7.05 Å². The molecule has 1 amide bonds. The van der Waals surface area contributed by atoms with Gasteiger partial charge in [-0.1, -0.05) is 42.5 Å². The van der Waals surface area contributed by atoms with Gasteiger partial charge in [0.25, 0.3) is 0 Å². The minimum Gasteiger partial charge on any atom is -0.489 e. The fraction of sp³-hybridized carbons (Fsp3) is 0.318. The van der Waals surface area contributed by atoms with Crippen molar-refractivity contribution < 1.29 is 19.4 Å². The van der Waals surface area contributed by atoms with E-state index in [0.29, 0.717) is 30.4 Å². The molecule has 0 fully saturated rings. The number of benzene rings is 2. The summed E-state index contributed by atoms with van der Waals surface area (Å²) in [6.45, 7) is 1.12. The Morgan fingerprint density at radius 1 is 1.16 bits per heavy atom. The van der Waals surface area contributed by atoms with Crippen LogP contribution < -0.4 is 15.0 Å². The number of nitrogens with one attached hydrogen (secondary N) is 1. The molecule has 0 aliphatic carbocycles. The van der Waals surface area contributed by atoms with Crippen LogP contribution >= 0.6 is 0 Å². The molecule has 3 heterocycles. The highest BCUT2D eigenvalue weighted by Gasteiger charge is 2.33. The van der Waals surface area contributed by atoms with Crippen LogP contribution in [0.2, 0.25) is 0 Å². The number of amides is 1. The number of para-hydroxylation sites is 2. The molecule has 5 rings (SSSR count). The van der Waals surface area contributed by atoms with E-state index in [1.165, 1.54) is 4.90 Å². The standard InChI is InChI=1S/C22H23N5O4/c1-26-16-9-5-6-10-17(16)31-13-15(22(26)29)23-21(28)19-24-20-18(14-7-3-2-4-8-14)30-12-11-27(20)25-19/h2-10,15,18,21,23,28H,11-13H2,1H3/t15-,18-,21?/m0/s1. The molecule has 9 heteroatoms. The van der Waals surface area contributed by atoms with Gasteiger partial charge in [-0.2, -0.15) is 5.10 Å². The summed E-state index contributed by atoms with van der Waals surface area (Å²) in [4.78, 5) is 19.0. The Morgan fingerprint density at radius 3 is 2.77 bits per heavy atom. The summed E-state index contributed by atoms with van der Waals surface area (Å²) < 4.78 is 13.4. The van der Waals surface area contributed by atoms with Crippen molar-refractivity contribution in [3.63, 3.8) is 0 Å². The first-order valence-electron chi connectivity index (χ1n) is 10.2. The number of ether oxygens (including phenoxy) is 2. The summed E-state index contributed by atoms with van der Waals surface area (Å²) in [7, 11) is 1.69. The zero-order chi connectivity index (χ0) is 21.4. The molecule has 9 nitrogen and oxygen atoms in total. The number of aliphatic hydroxyl groups excluding tert-OH is 1. The van der Waals surface area contributed by atoms with E-state index >= 15 is 0 Å². The molecule has 31 heavy (non-hydrogen) atoms. The summed E-state index contributed by atoms with van der Waals surface area (Å²) in [6, 6.07) is 16.3. The number of nitrogens with zero attached hydrogens (tertiary/aromatic N) is 4. The van der Waals surface area contributed by atoms with Crippen LogP contribution in [0.4, 0.5) is 5.69 Å². The molecule has 0 spiro atoms. The van der Waals surface area contributed by atoms with Crippen LogP contribution in [0.25, 0.3) is 0 Å². The van der Waals surface area contributed by atoms with Crippen molar-refractivity contribution in [2.24, 2.45) is 0 Å². The minimum absolute atomic E-state index is 0.0839. The molecule has 0 saturated heterocycles. The third kappa shape index (κ3) is 3.67. The van der Waals surface area contributed by atoms with Crippen LogP contribution in [0.5, 0.6) is 5.75 Å². The predicted molar refractivity (Wildman–Crippen MR) is 111 cm³/mol. The molecule has 2 aliphatic rings. The van der Waals surface area contributed by atoms with Gasteiger partial charge in [-0.15, -0.1) is 0 Å². The topological polar surface area (TPSA) is 102 Å². The van der Waals surface area contributed by atoms with Gasteiger partial charge in [-0.3, -0.25) is 10.1 Å². The van der Waals surface area contributed by atoms with Gasteiger partial charge in [0.1, 0.15) is 24.5 Å². The van der Waals surface area contributed by atoms with Crippen molar-refractivity contribution in [3.8, 4) is 5.75 Å². The largest absolute Gasteiger partial charge is 0.489 e. The fourth-order valence-electron chi connectivity index (χ4n) is 3.89. The van der Waals surface area contributed by atoms with Crippen molar-refractivity contribution in [3.05, 3.63) is 71.8 Å². The van der Waals surface area contributed by atoms with Crippen molar-refractivity contribution in [1.29, 1.82) is 0 Å². The maximum atomic E-state index is 12.9. The molecule has 3 atom stereocenters. The summed E-state index contributed by atoms with van der Waals surface area (Å²) in [5, 5.41) is 18.1. The molecule has 160 valence electrons. The van der Waals surface area contributed by atoms with Crippen LogP contribution in [0.15, 0.2) is 54.6 Å². The number of fused-ring (bicyclic) bond motifs is 2. The number of aliphatic hydroxyl groups is 1. The lowest BCUT2D eigenvalue weighted by Crippen LogP contribution is -2.48. The Morgan fingerprint density at radius 2 is 1.94 bits per heavy atom. The number of rotatable bonds is 4. The number of anilines is 1. The van der Waals surface area contributed by atoms with Gasteiger partial charge in [-0.25, -0.2) is 9.67 Å². The monoisotopic (exact) mass is 421 g/mol. The molecule has 3 aromatic rings. The molecular formula is C22H23N5O4. The van der Waals surface area contributed by atoms with Crippen LogP contribution in [0.1, 0.15) is 29.5 Å². The van der Waals surface area contributed by atoms with Gasteiger partial charge in [-0.05, 0) is 17.7 Å². The highest BCUT2D eigenvalue weighted by molar-refractivity contribution is 5.98. The Kier molecular flexibility index (Phi) is 5.14. The maximum Gasteiger partial charge on any atom is 0.247 e. The van der Waals surface area contributed by atoms with E-state index in [-0.39, 0.29) is 24.4 Å². The Labute approximate surface area is 179 Å². The third-order valence-corrected chi connectivity index (χ3v) is 5.51. The summed E-state index contributed by atoms with van der Waals surface area (Å²) in [6.07, 6.45) is -1.59. The van der Waals surface area contributed by atoms with E-state index in [9.17, 15) is 9.90 Å². The first-order valence-corrected chi connectivity index (χ1v) is 10.2. The number of hydrogen-bond acceptors (Lipinski definition) is 7. The molecule has 2 aromatic carbocycles. The normalized spacial score (nSPS) is 21.6. The second-order valence-electron chi connectivity index (χ2n) is 7.51. The Bertz CT molecular complexity index is 1090. The van der Waals surface area contributed by atoms with Gasteiger partial charge in [0.05, 0.1) is 18.8 Å². The van der Waals surface area contributed by atoms with E-state index < -0.39 is 12.3 Å². The quantitative estimate of drug-likeness (QED) is 0.614. The molecule has 1 unspecified atom stereocenters. The van der Waals surface area contributed by atoms with Gasteiger partial charge in [0.2, 0.25) is 5.91 Å². The number of carbonyl (C=O) groups excluding carboxylic acids is 1. The van der Waals surface area contributed by atoms with Crippen molar-refractivity contribution >= 4 is 11.6 Å². The number of hydrogen-bond donors (Lipinski definition) is 2. The van der Waals surface area contributed by atoms with Gasteiger partial charge >= 0.3 is 0 Å². The van der Waals surface area contributed by atoms with Crippen LogP contribution in [0.3, 0.4) is 0 Å². The number of likely N-dealkylation sites (N-methyl/N-ethyl adjacent to an activating group) is 1. The third-order valence-electron chi connectivity index (χ3n) is 5.51. The first kappa shape index (κ1) is 19.7. The highest BCUT2D eigenvalue weighted by Crippen LogP contribution is 2.31. The number of carbonyl (C=O) groups is 1. The average Bonchev–Trinajstić information content (AvgIpc) is 3.22. The lowest BCUT2D eigenvalue weighted by atomic mass is 10.1. The first-order chi connectivity index (χ1) is 15.1. The van der Waals surface area contributed by atoms with E-state index in [4.69, 9.17) is 9.47 Å². The average molecular weight is 421 g/mol. The SMILES string of the molecule is CN1C(=O)[C@@H](NC(O)c2nc3n(n2)CCO[C@H]3c2ccccc2)COc2ccccc21. The molecule has 1 aromatic heterocycles. The summed E-state index contributed by atoms with van der Waals surface area (Å²) >= 11 is 0. The van der Waals surface area contributed by atoms with E-state index in [0.717, 1.165) is 5.56 Å².